The Morgan fingerprint density at radius 2 is 1.70 bits per heavy atom. The molecule has 3 aliphatic rings. The van der Waals surface area contributed by atoms with E-state index in [-0.39, 0.29) is 11.9 Å². The van der Waals surface area contributed by atoms with E-state index in [4.69, 9.17) is 5.41 Å². The smallest absolute Gasteiger partial charge is 0.239 e. The van der Waals surface area contributed by atoms with Gasteiger partial charge in [-0.25, -0.2) is 0 Å². The Bertz CT molecular complexity index is 975. The van der Waals surface area contributed by atoms with Crippen LogP contribution in [-0.4, -0.2) is 36.9 Å². The van der Waals surface area contributed by atoms with E-state index in [0.717, 1.165) is 24.2 Å². The molecule has 0 radical (unpaired) electrons. The highest BCUT2D eigenvalue weighted by atomic mass is 16.2. The van der Waals surface area contributed by atoms with Crippen molar-refractivity contribution in [1.29, 1.82) is 5.41 Å². The van der Waals surface area contributed by atoms with Gasteiger partial charge in [0.1, 0.15) is 0 Å². The van der Waals surface area contributed by atoms with E-state index in [0.29, 0.717) is 5.92 Å². The SMILES string of the molecule is CN1C(=N)N[C@](C)(c2cccc(N3CCCC3)c2)[C@H](c2ccc(C3CC3)cc2)C1=O. The monoisotopic (exact) mass is 402 g/mol. The van der Waals surface area contributed by atoms with E-state index < -0.39 is 11.5 Å². The molecule has 156 valence electrons. The molecule has 2 aromatic carbocycles. The lowest BCUT2D eigenvalue weighted by molar-refractivity contribution is -0.131. The number of carbonyl (C=O) groups is 1. The molecule has 0 aromatic heterocycles. The minimum atomic E-state index is -0.683. The van der Waals surface area contributed by atoms with E-state index in [9.17, 15) is 4.79 Å². The third-order valence-corrected chi connectivity index (χ3v) is 7.10. The van der Waals surface area contributed by atoms with Crippen molar-refractivity contribution in [3.8, 4) is 0 Å². The second-order valence-electron chi connectivity index (χ2n) is 9.19. The van der Waals surface area contributed by atoms with Crippen LogP contribution in [0.1, 0.15) is 61.1 Å². The zero-order chi connectivity index (χ0) is 20.9. The molecule has 2 atom stereocenters. The van der Waals surface area contributed by atoms with Crippen LogP contribution in [0.4, 0.5) is 5.69 Å². The lowest BCUT2D eigenvalue weighted by atomic mass is 9.73. The molecule has 2 heterocycles. The Labute approximate surface area is 178 Å². The number of likely N-dealkylation sites (N-methyl/N-ethyl adjacent to an activating group) is 1. The summed E-state index contributed by atoms with van der Waals surface area (Å²) in [6.45, 7) is 4.23. The second-order valence-corrected chi connectivity index (χ2v) is 9.19. The largest absolute Gasteiger partial charge is 0.372 e. The molecule has 5 nitrogen and oxygen atoms in total. The summed E-state index contributed by atoms with van der Waals surface area (Å²) in [5.41, 5.74) is 3.94. The quantitative estimate of drug-likeness (QED) is 0.807. The lowest BCUT2D eigenvalue weighted by Crippen LogP contribution is -2.62. The van der Waals surface area contributed by atoms with Gasteiger partial charge in [-0.2, -0.15) is 0 Å². The number of carbonyl (C=O) groups excluding carboxylic acids is 1. The van der Waals surface area contributed by atoms with Crippen LogP contribution in [0.2, 0.25) is 0 Å². The molecule has 30 heavy (non-hydrogen) atoms. The average Bonchev–Trinajstić information content (AvgIpc) is 3.46. The fraction of sp³-hybridized carbons (Fsp3) is 0.440. The second kappa shape index (κ2) is 7.15. The standard InChI is InChI=1S/C25H30N4O/c1-25(20-6-5-7-21(16-20)29-14-3-4-15-29)22(23(30)28(2)24(26)27-25)19-12-10-18(11-13-19)17-8-9-17/h5-7,10-13,16-17,22H,3-4,8-9,14-15H2,1-2H3,(H2,26,27)/t22-,25-/m1/s1. The Balaban J connectivity index is 1.56. The summed E-state index contributed by atoms with van der Waals surface area (Å²) in [6, 6.07) is 17.1. The van der Waals surface area contributed by atoms with Crippen molar-refractivity contribution in [2.45, 2.75) is 50.0 Å². The molecule has 2 N–H and O–H groups in total. The van der Waals surface area contributed by atoms with Gasteiger partial charge in [0.15, 0.2) is 5.96 Å². The van der Waals surface area contributed by atoms with Gasteiger partial charge in [0, 0.05) is 25.8 Å². The summed E-state index contributed by atoms with van der Waals surface area (Å²) < 4.78 is 0. The number of hydrogen-bond donors (Lipinski definition) is 2. The summed E-state index contributed by atoms with van der Waals surface area (Å²) >= 11 is 0. The van der Waals surface area contributed by atoms with Crippen molar-refractivity contribution in [1.82, 2.24) is 10.2 Å². The van der Waals surface area contributed by atoms with Crippen LogP contribution in [0.5, 0.6) is 0 Å². The van der Waals surface area contributed by atoms with Crippen LogP contribution in [0.15, 0.2) is 48.5 Å². The molecule has 0 spiro atoms. The van der Waals surface area contributed by atoms with E-state index in [1.54, 1.807) is 7.05 Å². The minimum absolute atomic E-state index is 0.0352. The molecule has 1 aliphatic carbocycles. The van der Waals surface area contributed by atoms with E-state index in [1.165, 1.54) is 41.8 Å². The summed E-state index contributed by atoms with van der Waals surface area (Å²) in [4.78, 5) is 17.3. The number of nitrogens with one attached hydrogen (secondary N) is 2. The first-order valence-corrected chi connectivity index (χ1v) is 11.1. The van der Waals surface area contributed by atoms with E-state index in [2.05, 4.69) is 65.7 Å². The molecule has 5 rings (SSSR count). The van der Waals surface area contributed by atoms with Crippen molar-refractivity contribution in [3.63, 3.8) is 0 Å². The molecule has 1 amide bonds. The number of guanidine groups is 1. The van der Waals surface area contributed by atoms with Crippen LogP contribution in [0.25, 0.3) is 0 Å². The molecule has 2 aliphatic heterocycles. The number of nitrogens with zero attached hydrogens (tertiary/aromatic N) is 2. The highest BCUT2D eigenvalue weighted by Gasteiger charge is 2.48. The first kappa shape index (κ1) is 19.2. The topological polar surface area (TPSA) is 59.4 Å². The van der Waals surface area contributed by atoms with Gasteiger partial charge in [0.2, 0.25) is 5.91 Å². The van der Waals surface area contributed by atoms with Gasteiger partial charge in [-0.15, -0.1) is 0 Å². The summed E-state index contributed by atoms with van der Waals surface area (Å²) in [6.07, 6.45) is 4.99. The van der Waals surface area contributed by atoms with Gasteiger partial charge >= 0.3 is 0 Å². The highest BCUT2D eigenvalue weighted by molar-refractivity contribution is 6.02. The molecule has 3 fully saturated rings. The molecule has 0 unspecified atom stereocenters. The van der Waals surface area contributed by atoms with Crippen LogP contribution in [-0.2, 0) is 10.3 Å². The van der Waals surface area contributed by atoms with E-state index in [1.807, 2.05) is 0 Å². The fourth-order valence-electron chi connectivity index (χ4n) is 5.05. The lowest BCUT2D eigenvalue weighted by Gasteiger charge is -2.46. The van der Waals surface area contributed by atoms with Gasteiger partial charge in [-0.05, 0) is 67.3 Å². The molecular formula is C25H30N4O. The summed E-state index contributed by atoms with van der Waals surface area (Å²) in [7, 11) is 1.68. The van der Waals surface area contributed by atoms with Gasteiger partial charge in [-0.1, -0.05) is 36.4 Å². The predicted molar refractivity (Wildman–Crippen MR) is 120 cm³/mol. The molecule has 1 saturated carbocycles. The maximum Gasteiger partial charge on any atom is 0.239 e. The molecule has 2 saturated heterocycles. The Kier molecular flexibility index (Phi) is 4.57. The van der Waals surface area contributed by atoms with Crippen molar-refractivity contribution in [3.05, 3.63) is 65.2 Å². The normalized spacial score (nSPS) is 26.8. The zero-order valence-corrected chi connectivity index (χ0v) is 17.8. The predicted octanol–water partition coefficient (Wildman–Crippen LogP) is 4.16. The third-order valence-electron chi connectivity index (χ3n) is 7.10. The Morgan fingerprint density at radius 1 is 1.03 bits per heavy atom. The van der Waals surface area contributed by atoms with Crippen LogP contribution in [0, 0.1) is 5.41 Å². The number of hydrogen-bond acceptors (Lipinski definition) is 3. The zero-order valence-electron chi connectivity index (χ0n) is 17.8. The molecular weight excluding hydrogens is 372 g/mol. The van der Waals surface area contributed by atoms with Crippen molar-refractivity contribution in [2.24, 2.45) is 0 Å². The van der Waals surface area contributed by atoms with E-state index >= 15 is 0 Å². The number of anilines is 1. The van der Waals surface area contributed by atoms with Gasteiger partial charge < -0.3 is 10.2 Å². The summed E-state index contributed by atoms with van der Waals surface area (Å²) in [5, 5.41) is 11.8. The first-order valence-electron chi connectivity index (χ1n) is 11.1. The minimum Gasteiger partial charge on any atom is -0.372 e. The maximum absolute atomic E-state index is 13.4. The number of amides is 1. The van der Waals surface area contributed by atoms with Crippen molar-refractivity contribution in [2.75, 3.05) is 25.0 Å². The third kappa shape index (κ3) is 3.17. The maximum atomic E-state index is 13.4. The molecule has 0 bridgehead atoms. The first-order chi connectivity index (χ1) is 14.5. The summed E-state index contributed by atoms with van der Waals surface area (Å²) in [5.74, 6) is 0.421. The van der Waals surface area contributed by atoms with Crippen LogP contribution in [0.3, 0.4) is 0 Å². The fourth-order valence-corrected chi connectivity index (χ4v) is 5.05. The number of rotatable bonds is 4. The Hall–Kier alpha value is -2.82. The van der Waals surface area contributed by atoms with Crippen LogP contribution >= 0.6 is 0 Å². The van der Waals surface area contributed by atoms with Crippen molar-refractivity contribution < 1.29 is 4.79 Å². The average molecular weight is 403 g/mol. The molecule has 2 aromatic rings. The number of benzene rings is 2. The van der Waals surface area contributed by atoms with Crippen molar-refractivity contribution >= 4 is 17.6 Å². The van der Waals surface area contributed by atoms with Gasteiger partial charge in [0.25, 0.3) is 0 Å². The molecule has 5 heteroatoms. The Morgan fingerprint density at radius 3 is 2.37 bits per heavy atom. The van der Waals surface area contributed by atoms with Gasteiger partial charge in [0.05, 0.1) is 11.5 Å². The highest BCUT2D eigenvalue weighted by Crippen LogP contribution is 2.44. The van der Waals surface area contributed by atoms with Crippen LogP contribution < -0.4 is 10.2 Å². The van der Waals surface area contributed by atoms with Gasteiger partial charge in [-0.3, -0.25) is 15.1 Å².